The monoisotopic (exact) mass is 441 g/mol. The van der Waals surface area contributed by atoms with Gasteiger partial charge >= 0.3 is 0 Å². The van der Waals surface area contributed by atoms with Gasteiger partial charge in [0.15, 0.2) is 0 Å². The molecule has 6 nitrogen and oxygen atoms in total. The number of carbonyl (C=O) groups excluding carboxylic acids is 1. The highest BCUT2D eigenvalue weighted by atomic mass is 16.5. The molecule has 0 aliphatic heterocycles. The number of fused-ring (bicyclic) bond motifs is 1. The van der Waals surface area contributed by atoms with Gasteiger partial charge in [-0.2, -0.15) is 0 Å². The molecule has 2 heterocycles. The van der Waals surface area contributed by atoms with E-state index in [9.17, 15) is 9.59 Å². The van der Waals surface area contributed by atoms with E-state index >= 15 is 0 Å². The van der Waals surface area contributed by atoms with Crippen molar-refractivity contribution in [2.75, 3.05) is 5.32 Å². The van der Waals surface area contributed by atoms with E-state index in [1.807, 2.05) is 43.3 Å². The van der Waals surface area contributed by atoms with Gasteiger partial charge in [-0.05, 0) is 72.0 Å². The Morgan fingerprint density at radius 2 is 1.70 bits per heavy atom. The summed E-state index contributed by atoms with van der Waals surface area (Å²) < 4.78 is 7.30. The molecule has 0 bridgehead atoms. The molecule has 2 aromatic carbocycles. The lowest BCUT2D eigenvalue weighted by Crippen LogP contribution is -2.16. The molecule has 0 saturated carbocycles. The second kappa shape index (κ2) is 8.90. The summed E-state index contributed by atoms with van der Waals surface area (Å²) in [5.74, 6) is 0.453. The summed E-state index contributed by atoms with van der Waals surface area (Å²) in [5.41, 5.74) is 4.53. The minimum Gasteiger partial charge on any atom is -0.487 e. The zero-order valence-electron chi connectivity index (χ0n) is 19.3. The fourth-order valence-corrected chi connectivity index (χ4v) is 3.44. The molecule has 0 spiro atoms. The third-order valence-electron chi connectivity index (χ3n) is 5.39. The van der Waals surface area contributed by atoms with Crippen LogP contribution in [0.15, 0.2) is 77.7 Å². The molecule has 4 rings (SSSR count). The number of benzene rings is 2. The minimum absolute atomic E-state index is 0.0419. The standard InChI is InChI=1S/C27H27N3O3/c1-18-13-14-30-24(15-18)28-22(16-25(30)31)17-33-23-11-9-21(10-12-23)29-26(32)19-5-7-20(8-6-19)27(2,3)4/h5-16H,17H2,1-4H3,(H,29,32). The van der Waals surface area contributed by atoms with E-state index in [1.165, 1.54) is 16.0 Å². The molecule has 0 radical (unpaired) electrons. The van der Waals surface area contributed by atoms with E-state index in [1.54, 1.807) is 30.5 Å². The SMILES string of the molecule is Cc1ccn2c(=O)cc(COc3ccc(NC(=O)c4ccc(C(C)(C)C)cc4)cc3)nc2c1. The second-order valence-corrected chi connectivity index (χ2v) is 9.11. The van der Waals surface area contributed by atoms with Crippen LogP contribution in [0.1, 0.15) is 48.0 Å². The molecule has 1 N–H and O–H groups in total. The second-order valence-electron chi connectivity index (χ2n) is 9.11. The molecule has 0 saturated heterocycles. The van der Waals surface area contributed by atoms with E-state index in [0.717, 1.165) is 5.56 Å². The summed E-state index contributed by atoms with van der Waals surface area (Å²) in [5, 5.41) is 2.90. The largest absolute Gasteiger partial charge is 0.487 e. The Balaban J connectivity index is 1.39. The van der Waals surface area contributed by atoms with Crippen LogP contribution in [0, 0.1) is 6.92 Å². The highest BCUT2D eigenvalue weighted by molar-refractivity contribution is 6.04. The van der Waals surface area contributed by atoms with Crippen molar-refractivity contribution in [2.45, 2.75) is 39.7 Å². The van der Waals surface area contributed by atoms with Crippen LogP contribution in [0.3, 0.4) is 0 Å². The molecule has 2 aromatic heterocycles. The maximum atomic E-state index is 12.6. The van der Waals surface area contributed by atoms with Crippen LogP contribution in [0.2, 0.25) is 0 Å². The first kappa shape index (κ1) is 22.3. The third kappa shape index (κ3) is 5.29. The van der Waals surface area contributed by atoms with Gasteiger partial charge < -0.3 is 10.1 Å². The maximum absolute atomic E-state index is 12.6. The number of carbonyl (C=O) groups is 1. The van der Waals surface area contributed by atoms with Gasteiger partial charge in [0.05, 0.1) is 5.69 Å². The van der Waals surface area contributed by atoms with E-state index in [2.05, 4.69) is 31.1 Å². The summed E-state index contributed by atoms with van der Waals surface area (Å²) in [6.45, 7) is 8.55. The van der Waals surface area contributed by atoms with Gasteiger partial charge in [0.25, 0.3) is 11.5 Å². The van der Waals surface area contributed by atoms with Crippen molar-refractivity contribution in [2.24, 2.45) is 0 Å². The molecular weight excluding hydrogens is 414 g/mol. The predicted molar refractivity (Wildman–Crippen MR) is 130 cm³/mol. The lowest BCUT2D eigenvalue weighted by Gasteiger charge is -2.19. The summed E-state index contributed by atoms with van der Waals surface area (Å²) in [6.07, 6.45) is 1.72. The van der Waals surface area contributed by atoms with Crippen molar-refractivity contribution < 1.29 is 9.53 Å². The van der Waals surface area contributed by atoms with Gasteiger partial charge in [0.1, 0.15) is 18.0 Å². The van der Waals surface area contributed by atoms with Gasteiger partial charge in [-0.15, -0.1) is 0 Å². The summed E-state index contributed by atoms with van der Waals surface area (Å²) in [4.78, 5) is 29.3. The number of hydrogen-bond acceptors (Lipinski definition) is 4. The highest BCUT2D eigenvalue weighted by Gasteiger charge is 2.14. The number of hydrogen-bond donors (Lipinski definition) is 1. The Hall–Kier alpha value is -3.93. The molecule has 33 heavy (non-hydrogen) atoms. The summed E-state index contributed by atoms with van der Waals surface area (Å²) in [6, 6.07) is 20.0. The van der Waals surface area contributed by atoms with E-state index in [4.69, 9.17) is 4.74 Å². The molecular formula is C27H27N3O3. The molecule has 6 heteroatoms. The quantitative estimate of drug-likeness (QED) is 0.466. The zero-order chi connectivity index (χ0) is 23.6. The highest BCUT2D eigenvalue weighted by Crippen LogP contribution is 2.23. The fraction of sp³-hybridized carbons (Fsp3) is 0.222. The first-order chi connectivity index (χ1) is 15.7. The van der Waals surface area contributed by atoms with E-state index < -0.39 is 0 Å². The summed E-state index contributed by atoms with van der Waals surface area (Å²) in [7, 11) is 0. The molecule has 4 aromatic rings. The number of rotatable bonds is 5. The Morgan fingerprint density at radius 1 is 1.00 bits per heavy atom. The Kier molecular flexibility index (Phi) is 6.01. The molecule has 0 unspecified atom stereocenters. The molecule has 0 atom stereocenters. The molecule has 0 aliphatic carbocycles. The van der Waals surface area contributed by atoms with Crippen molar-refractivity contribution in [3.8, 4) is 5.75 Å². The number of nitrogens with zero attached hydrogens (tertiary/aromatic N) is 2. The maximum Gasteiger partial charge on any atom is 0.258 e. The van der Waals surface area contributed by atoms with Crippen LogP contribution in [0.4, 0.5) is 5.69 Å². The number of aromatic nitrogens is 2. The predicted octanol–water partition coefficient (Wildman–Crippen LogP) is 5.13. The van der Waals surface area contributed by atoms with E-state index in [0.29, 0.717) is 28.3 Å². The van der Waals surface area contributed by atoms with Gasteiger partial charge in [0.2, 0.25) is 0 Å². The van der Waals surface area contributed by atoms with Crippen LogP contribution in [0.5, 0.6) is 5.75 Å². The van der Waals surface area contributed by atoms with Gasteiger partial charge in [0, 0.05) is 23.5 Å². The Morgan fingerprint density at radius 3 is 2.36 bits per heavy atom. The number of anilines is 1. The first-order valence-corrected chi connectivity index (χ1v) is 10.8. The Bertz CT molecular complexity index is 1350. The molecule has 168 valence electrons. The third-order valence-corrected chi connectivity index (χ3v) is 5.39. The molecule has 1 amide bonds. The number of aryl methyl sites for hydroxylation is 1. The average Bonchev–Trinajstić information content (AvgIpc) is 2.78. The number of pyridine rings is 1. The van der Waals surface area contributed by atoms with Crippen molar-refractivity contribution >= 4 is 17.2 Å². The summed E-state index contributed by atoms with van der Waals surface area (Å²) >= 11 is 0. The fourth-order valence-electron chi connectivity index (χ4n) is 3.44. The van der Waals surface area contributed by atoms with Crippen LogP contribution in [-0.4, -0.2) is 15.3 Å². The Labute approximate surface area is 192 Å². The number of nitrogens with one attached hydrogen (secondary N) is 1. The minimum atomic E-state index is -0.166. The average molecular weight is 442 g/mol. The van der Waals surface area contributed by atoms with Crippen molar-refractivity contribution in [3.05, 3.63) is 106 Å². The van der Waals surface area contributed by atoms with Crippen LogP contribution in [-0.2, 0) is 12.0 Å². The smallest absolute Gasteiger partial charge is 0.258 e. The van der Waals surface area contributed by atoms with Crippen molar-refractivity contribution in [1.82, 2.24) is 9.38 Å². The molecule has 0 aliphatic rings. The van der Waals surface area contributed by atoms with Crippen LogP contribution in [0.25, 0.3) is 5.65 Å². The van der Waals surface area contributed by atoms with Crippen molar-refractivity contribution in [1.29, 1.82) is 0 Å². The lowest BCUT2D eigenvalue weighted by molar-refractivity contribution is 0.102. The normalized spacial score (nSPS) is 11.4. The van der Waals surface area contributed by atoms with Gasteiger partial charge in [-0.3, -0.25) is 14.0 Å². The number of amides is 1. The van der Waals surface area contributed by atoms with Crippen LogP contribution >= 0.6 is 0 Å². The molecule has 0 fully saturated rings. The van der Waals surface area contributed by atoms with Gasteiger partial charge in [-0.1, -0.05) is 32.9 Å². The van der Waals surface area contributed by atoms with E-state index in [-0.39, 0.29) is 23.5 Å². The van der Waals surface area contributed by atoms with Crippen LogP contribution < -0.4 is 15.6 Å². The topological polar surface area (TPSA) is 72.7 Å². The zero-order valence-corrected chi connectivity index (χ0v) is 19.3. The van der Waals surface area contributed by atoms with Gasteiger partial charge in [-0.25, -0.2) is 4.98 Å². The first-order valence-electron chi connectivity index (χ1n) is 10.8. The lowest BCUT2D eigenvalue weighted by atomic mass is 9.87. The van der Waals surface area contributed by atoms with Crippen molar-refractivity contribution in [3.63, 3.8) is 0 Å². The number of ether oxygens (including phenoxy) is 1.